The summed E-state index contributed by atoms with van der Waals surface area (Å²) < 4.78 is 0. The molecule has 28 heavy (non-hydrogen) atoms. The lowest BCUT2D eigenvalue weighted by Crippen LogP contribution is -2.41. The van der Waals surface area contributed by atoms with E-state index in [-0.39, 0.29) is 17.9 Å². The molecule has 1 saturated heterocycles. The van der Waals surface area contributed by atoms with Gasteiger partial charge in [-0.05, 0) is 62.5 Å². The highest BCUT2D eigenvalue weighted by atomic mass is 35.5. The summed E-state index contributed by atoms with van der Waals surface area (Å²) in [6.45, 7) is 6.67. The van der Waals surface area contributed by atoms with Crippen molar-refractivity contribution in [2.45, 2.75) is 45.7 Å². The van der Waals surface area contributed by atoms with Gasteiger partial charge in [0.2, 0.25) is 5.91 Å². The first kappa shape index (κ1) is 21.2. The van der Waals surface area contributed by atoms with Gasteiger partial charge in [0.1, 0.15) is 0 Å². The summed E-state index contributed by atoms with van der Waals surface area (Å²) >= 11 is 12.6. The molecule has 1 amide bonds. The van der Waals surface area contributed by atoms with E-state index >= 15 is 0 Å². The van der Waals surface area contributed by atoms with Crippen molar-refractivity contribution in [3.05, 3.63) is 69.2 Å². The van der Waals surface area contributed by atoms with Crippen LogP contribution in [0.2, 0.25) is 10.0 Å². The number of amides is 1. The van der Waals surface area contributed by atoms with Crippen LogP contribution in [0.1, 0.15) is 49.4 Å². The van der Waals surface area contributed by atoms with Crippen molar-refractivity contribution in [1.29, 1.82) is 0 Å². The maximum absolute atomic E-state index is 12.7. The minimum absolute atomic E-state index is 0.0263. The first-order valence-electron chi connectivity index (χ1n) is 10.0. The molecule has 0 unspecified atom stereocenters. The molecule has 5 heteroatoms. The maximum atomic E-state index is 12.7. The van der Waals surface area contributed by atoms with E-state index in [0.29, 0.717) is 10.0 Å². The standard InChI is InChI=1S/C23H28Cl2N2O/c1-3-17-7-9-18(10-8-17)16(2)26-23(28)19-11-13-27(14-12-19)15-20-21(24)5-4-6-22(20)25/h4-10,16,19H,3,11-15H2,1-2H3,(H,26,28)/t16-/m1/s1. The smallest absolute Gasteiger partial charge is 0.223 e. The number of benzene rings is 2. The normalized spacial score (nSPS) is 16.7. The van der Waals surface area contributed by atoms with Gasteiger partial charge < -0.3 is 5.32 Å². The average molecular weight is 419 g/mol. The monoisotopic (exact) mass is 418 g/mol. The molecule has 1 heterocycles. The molecule has 3 rings (SSSR count). The fourth-order valence-electron chi connectivity index (χ4n) is 3.72. The van der Waals surface area contributed by atoms with Crippen molar-refractivity contribution in [3.63, 3.8) is 0 Å². The van der Waals surface area contributed by atoms with Gasteiger partial charge in [0.15, 0.2) is 0 Å². The van der Waals surface area contributed by atoms with E-state index in [0.717, 1.165) is 50.0 Å². The average Bonchev–Trinajstić information content (AvgIpc) is 2.71. The Bertz CT molecular complexity index is 778. The van der Waals surface area contributed by atoms with Crippen LogP contribution >= 0.6 is 23.2 Å². The summed E-state index contributed by atoms with van der Waals surface area (Å²) in [7, 11) is 0. The molecular formula is C23H28Cl2N2O. The SMILES string of the molecule is CCc1ccc([C@@H](C)NC(=O)C2CCN(Cc3c(Cl)cccc3Cl)CC2)cc1. The van der Waals surface area contributed by atoms with Crippen LogP contribution in [0.5, 0.6) is 0 Å². The van der Waals surface area contributed by atoms with Crippen LogP contribution in [0.25, 0.3) is 0 Å². The molecule has 3 nitrogen and oxygen atoms in total. The molecule has 0 aliphatic carbocycles. The largest absolute Gasteiger partial charge is 0.349 e. The fraction of sp³-hybridized carbons (Fsp3) is 0.435. The zero-order chi connectivity index (χ0) is 20.1. The molecular weight excluding hydrogens is 391 g/mol. The van der Waals surface area contributed by atoms with Crippen molar-refractivity contribution in [3.8, 4) is 0 Å². The van der Waals surface area contributed by atoms with E-state index in [9.17, 15) is 4.79 Å². The van der Waals surface area contributed by atoms with E-state index in [2.05, 4.69) is 41.4 Å². The number of rotatable bonds is 6. The Kier molecular flexibility index (Phi) is 7.39. The highest BCUT2D eigenvalue weighted by Crippen LogP contribution is 2.28. The van der Waals surface area contributed by atoms with Gasteiger partial charge in [-0.25, -0.2) is 0 Å². The zero-order valence-corrected chi connectivity index (χ0v) is 18.1. The predicted molar refractivity (Wildman–Crippen MR) is 117 cm³/mol. The number of piperidine rings is 1. The molecule has 150 valence electrons. The summed E-state index contributed by atoms with van der Waals surface area (Å²) in [4.78, 5) is 15.0. The van der Waals surface area contributed by atoms with Crippen LogP contribution in [0.4, 0.5) is 0 Å². The highest BCUT2D eigenvalue weighted by Gasteiger charge is 2.26. The molecule has 0 bridgehead atoms. The number of aryl methyl sites for hydroxylation is 1. The molecule has 1 aliphatic rings. The lowest BCUT2D eigenvalue weighted by Gasteiger charge is -2.32. The second kappa shape index (κ2) is 9.78. The Morgan fingerprint density at radius 2 is 1.71 bits per heavy atom. The third-order valence-corrected chi connectivity index (χ3v) is 6.36. The van der Waals surface area contributed by atoms with Gasteiger partial charge in [-0.15, -0.1) is 0 Å². The first-order chi connectivity index (χ1) is 13.5. The maximum Gasteiger partial charge on any atom is 0.223 e. The Hall–Kier alpha value is -1.55. The number of hydrogen-bond donors (Lipinski definition) is 1. The Labute approximate surface area is 178 Å². The number of nitrogens with one attached hydrogen (secondary N) is 1. The summed E-state index contributed by atoms with van der Waals surface area (Å²) in [6, 6.07) is 14.1. The highest BCUT2D eigenvalue weighted by molar-refractivity contribution is 6.35. The van der Waals surface area contributed by atoms with Crippen molar-refractivity contribution in [1.82, 2.24) is 10.2 Å². The number of likely N-dealkylation sites (tertiary alicyclic amines) is 1. The molecule has 0 aromatic heterocycles. The summed E-state index contributed by atoms with van der Waals surface area (Å²) in [5, 5.41) is 4.59. The second-order valence-corrected chi connectivity index (χ2v) is 8.39. The predicted octanol–water partition coefficient (Wildman–Crippen LogP) is 5.65. The molecule has 2 aromatic carbocycles. The van der Waals surface area contributed by atoms with Crippen LogP contribution in [0.15, 0.2) is 42.5 Å². The van der Waals surface area contributed by atoms with Crippen molar-refractivity contribution >= 4 is 29.1 Å². The molecule has 1 aliphatic heterocycles. The third kappa shape index (κ3) is 5.28. The quantitative estimate of drug-likeness (QED) is 0.657. The van der Waals surface area contributed by atoms with Gasteiger partial charge in [-0.3, -0.25) is 9.69 Å². The van der Waals surface area contributed by atoms with Gasteiger partial charge in [-0.1, -0.05) is 60.5 Å². The van der Waals surface area contributed by atoms with Crippen LogP contribution in [-0.4, -0.2) is 23.9 Å². The van der Waals surface area contributed by atoms with Gasteiger partial charge >= 0.3 is 0 Å². The van der Waals surface area contributed by atoms with Crippen molar-refractivity contribution < 1.29 is 4.79 Å². The van der Waals surface area contributed by atoms with E-state index in [4.69, 9.17) is 23.2 Å². The third-order valence-electron chi connectivity index (χ3n) is 5.65. The molecule has 0 spiro atoms. The molecule has 0 saturated carbocycles. The minimum atomic E-state index is 0.0263. The van der Waals surface area contributed by atoms with Crippen molar-refractivity contribution in [2.24, 2.45) is 5.92 Å². The molecule has 1 N–H and O–H groups in total. The van der Waals surface area contributed by atoms with Crippen LogP contribution in [0, 0.1) is 5.92 Å². The topological polar surface area (TPSA) is 32.3 Å². The van der Waals surface area contributed by atoms with E-state index in [1.807, 2.05) is 25.1 Å². The van der Waals surface area contributed by atoms with Crippen molar-refractivity contribution in [2.75, 3.05) is 13.1 Å². The van der Waals surface area contributed by atoms with E-state index in [1.165, 1.54) is 5.56 Å². The number of carbonyl (C=O) groups is 1. The lowest BCUT2D eigenvalue weighted by molar-refractivity contribution is -0.127. The van der Waals surface area contributed by atoms with Crippen LogP contribution in [0.3, 0.4) is 0 Å². The molecule has 1 fully saturated rings. The van der Waals surface area contributed by atoms with Crippen LogP contribution in [-0.2, 0) is 17.8 Å². The zero-order valence-electron chi connectivity index (χ0n) is 16.6. The fourth-order valence-corrected chi connectivity index (χ4v) is 4.23. The van der Waals surface area contributed by atoms with Gasteiger partial charge in [0.25, 0.3) is 0 Å². The summed E-state index contributed by atoms with van der Waals surface area (Å²) in [5.41, 5.74) is 3.43. The number of halogens is 2. The van der Waals surface area contributed by atoms with Gasteiger partial charge in [0, 0.05) is 28.1 Å². The number of carbonyl (C=O) groups excluding carboxylic acids is 1. The van der Waals surface area contributed by atoms with Crippen LogP contribution < -0.4 is 5.32 Å². The first-order valence-corrected chi connectivity index (χ1v) is 10.8. The number of nitrogens with zero attached hydrogens (tertiary/aromatic N) is 1. The van der Waals surface area contributed by atoms with Gasteiger partial charge in [-0.2, -0.15) is 0 Å². The number of hydrogen-bond acceptors (Lipinski definition) is 2. The summed E-state index contributed by atoms with van der Waals surface area (Å²) in [5.74, 6) is 0.220. The second-order valence-electron chi connectivity index (χ2n) is 7.58. The Morgan fingerprint density at radius 3 is 2.29 bits per heavy atom. The summed E-state index contributed by atoms with van der Waals surface area (Å²) in [6.07, 6.45) is 2.74. The van der Waals surface area contributed by atoms with E-state index < -0.39 is 0 Å². The Morgan fingerprint density at radius 1 is 1.11 bits per heavy atom. The van der Waals surface area contributed by atoms with E-state index in [1.54, 1.807) is 0 Å². The van der Waals surface area contributed by atoms with Gasteiger partial charge in [0.05, 0.1) is 6.04 Å². The Balaban J connectivity index is 1.50. The lowest BCUT2D eigenvalue weighted by atomic mass is 9.94. The molecule has 1 atom stereocenters. The minimum Gasteiger partial charge on any atom is -0.349 e. The molecule has 2 aromatic rings. The molecule has 0 radical (unpaired) electrons.